The van der Waals surface area contributed by atoms with Gasteiger partial charge in [-0.1, -0.05) is 49.4 Å². The van der Waals surface area contributed by atoms with E-state index < -0.39 is 0 Å². The first kappa shape index (κ1) is 14.1. The molecule has 0 aliphatic carbocycles. The lowest BCUT2D eigenvalue weighted by Gasteiger charge is -2.21. The van der Waals surface area contributed by atoms with Gasteiger partial charge in [0, 0.05) is 5.92 Å². The zero-order valence-electron chi connectivity index (χ0n) is 11.9. The van der Waals surface area contributed by atoms with Crippen LogP contribution in [-0.2, 0) is 0 Å². The summed E-state index contributed by atoms with van der Waals surface area (Å²) in [6.07, 6.45) is 0.930. The summed E-state index contributed by atoms with van der Waals surface area (Å²) in [5, 5.41) is 9.57. The molecule has 0 spiro atoms. The normalized spacial score (nSPS) is 13.2. The van der Waals surface area contributed by atoms with Crippen molar-refractivity contribution in [1.29, 1.82) is 5.26 Å². The van der Waals surface area contributed by atoms with Gasteiger partial charge in [-0.3, -0.25) is 0 Å². The van der Waals surface area contributed by atoms with Crippen LogP contribution in [0, 0.1) is 11.3 Å². The van der Waals surface area contributed by atoms with E-state index in [1.807, 2.05) is 42.5 Å². The highest BCUT2D eigenvalue weighted by Crippen LogP contribution is 2.35. The monoisotopic (exact) mass is 265 g/mol. The lowest BCUT2D eigenvalue weighted by Crippen LogP contribution is -2.09. The molecule has 2 aromatic carbocycles. The van der Waals surface area contributed by atoms with Crippen molar-refractivity contribution in [3.63, 3.8) is 0 Å². The molecular formula is C18H19NO. The van der Waals surface area contributed by atoms with Gasteiger partial charge in [0.25, 0.3) is 0 Å². The van der Waals surface area contributed by atoms with Gasteiger partial charge in [0.05, 0.1) is 19.1 Å². The predicted octanol–water partition coefficient (Wildman–Crippen LogP) is 4.50. The fourth-order valence-corrected chi connectivity index (χ4v) is 2.57. The Kier molecular flexibility index (Phi) is 4.79. The number of hydrogen-bond donors (Lipinski definition) is 0. The van der Waals surface area contributed by atoms with E-state index in [4.69, 9.17) is 4.74 Å². The average Bonchev–Trinajstić information content (AvgIpc) is 2.53. The van der Waals surface area contributed by atoms with Gasteiger partial charge >= 0.3 is 0 Å². The van der Waals surface area contributed by atoms with Crippen LogP contribution in [0.5, 0.6) is 5.75 Å². The molecule has 0 saturated heterocycles. The van der Waals surface area contributed by atoms with Crippen molar-refractivity contribution in [1.82, 2.24) is 0 Å². The molecule has 0 radical (unpaired) electrons. The Labute approximate surface area is 120 Å². The third-order valence-corrected chi connectivity index (χ3v) is 3.68. The number of rotatable bonds is 5. The molecule has 0 aliphatic rings. The van der Waals surface area contributed by atoms with Crippen LogP contribution in [0.25, 0.3) is 0 Å². The van der Waals surface area contributed by atoms with E-state index in [9.17, 15) is 5.26 Å². The fourth-order valence-electron chi connectivity index (χ4n) is 2.57. The molecule has 2 heteroatoms. The van der Waals surface area contributed by atoms with Crippen LogP contribution in [0.1, 0.15) is 36.3 Å². The van der Waals surface area contributed by atoms with Crippen LogP contribution in [-0.4, -0.2) is 7.11 Å². The third kappa shape index (κ3) is 3.00. The highest BCUT2D eigenvalue weighted by molar-refractivity contribution is 5.35. The predicted molar refractivity (Wildman–Crippen MR) is 80.8 cm³/mol. The molecule has 0 bridgehead atoms. The van der Waals surface area contributed by atoms with Crippen LogP contribution in [0.15, 0.2) is 54.6 Å². The second-order valence-corrected chi connectivity index (χ2v) is 4.81. The summed E-state index contributed by atoms with van der Waals surface area (Å²) >= 11 is 0. The largest absolute Gasteiger partial charge is 0.497 e. The molecule has 20 heavy (non-hydrogen) atoms. The molecule has 0 heterocycles. The molecule has 2 atom stereocenters. The first-order valence-electron chi connectivity index (χ1n) is 6.88. The summed E-state index contributed by atoms with van der Waals surface area (Å²) in [6.45, 7) is 2.13. The Bertz CT molecular complexity index is 569. The van der Waals surface area contributed by atoms with Gasteiger partial charge in [-0.25, -0.2) is 0 Å². The Morgan fingerprint density at radius 2 is 1.65 bits per heavy atom. The summed E-state index contributed by atoms with van der Waals surface area (Å²) in [5.41, 5.74) is 2.27. The molecule has 2 rings (SSSR count). The quantitative estimate of drug-likeness (QED) is 0.797. The molecular weight excluding hydrogens is 246 g/mol. The SMILES string of the molecule is CC[C@@H](c1ccc(OC)cc1)[C@@H](C#N)c1ccccc1. The van der Waals surface area contributed by atoms with Crippen LogP contribution in [0.4, 0.5) is 0 Å². The summed E-state index contributed by atoms with van der Waals surface area (Å²) in [5.74, 6) is 0.930. The number of nitriles is 1. The van der Waals surface area contributed by atoms with Crippen molar-refractivity contribution in [3.8, 4) is 11.8 Å². The van der Waals surface area contributed by atoms with E-state index in [0.29, 0.717) is 0 Å². The molecule has 0 amide bonds. The van der Waals surface area contributed by atoms with Crippen LogP contribution < -0.4 is 4.74 Å². The molecule has 102 valence electrons. The molecule has 0 unspecified atom stereocenters. The van der Waals surface area contributed by atoms with E-state index in [-0.39, 0.29) is 11.8 Å². The van der Waals surface area contributed by atoms with Crippen molar-refractivity contribution in [3.05, 3.63) is 65.7 Å². The number of benzene rings is 2. The van der Waals surface area contributed by atoms with Crippen LogP contribution >= 0.6 is 0 Å². The lowest BCUT2D eigenvalue weighted by atomic mass is 9.81. The van der Waals surface area contributed by atoms with Gasteiger partial charge in [-0.05, 0) is 29.7 Å². The summed E-state index contributed by atoms with van der Waals surface area (Å²) < 4.78 is 5.19. The van der Waals surface area contributed by atoms with E-state index in [1.165, 1.54) is 5.56 Å². The van der Waals surface area contributed by atoms with Gasteiger partial charge in [-0.2, -0.15) is 5.26 Å². The molecule has 0 fully saturated rings. The Hall–Kier alpha value is -2.27. The van der Waals surface area contributed by atoms with Crippen molar-refractivity contribution < 1.29 is 4.74 Å². The van der Waals surface area contributed by atoms with E-state index >= 15 is 0 Å². The minimum absolute atomic E-state index is 0.116. The zero-order valence-corrected chi connectivity index (χ0v) is 11.9. The number of hydrogen-bond acceptors (Lipinski definition) is 2. The van der Waals surface area contributed by atoms with Gasteiger partial charge in [-0.15, -0.1) is 0 Å². The second-order valence-electron chi connectivity index (χ2n) is 4.81. The van der Waals surface area contributed by atoms with Gasteiger partial charge in [0.2, 0.25) is 0 Å². The van der Waals surface area contributed by atoms with E-state index in [1.54, 1.807) is 7.11 Å². The standard InChI is InChI=1S/C18H19NO/c1-3-17(15-9-11-16(20-2)12-10-15)18(13-19)14-7-5-4-6-8-14/h4-12,17-18H,3H2,1-2H3/t17-,18-/m0/s1. The average molecular weight is 265 g/mol. The molecule has 2 nitrogen and oxygen atoms in total. The van der Waals surface area contributed by atoms with Crippen molar-refractivity contribution >= 4 is 0 Å². The van der Waals surface area contributed by atoms with Gasteiger partial charge in [0.15, 0.2) is 0 Å². The lowest BCUT2D eigenvalue weighted by molar-refractivity contribution is 0.414. The molecule has 0 saturated carbocycles. The maximum atomic E-state index is 9.57. The summed E-state index contributed by atoms with van der Waals surface area (Å²) in [4.78, 5) is 0. The van der Waals surface area contributed by atoms with Crippen molar-refractivity contribution in [2.45, 2.75) is 25.2 Å². The smallest absolute Gasteiger partial charge is 0.118 e. The zero-order chi connectivity index (χ0) is 14.4. The van der Waals surface area contributed by atoms with Gasteiger partial charge < -0.3 is 4.74 Å². The minimum atomic E-state index is -0.116. The summed E-state index contributed by atoms with van der Waals surface area (Å²) in [6, 6.07) is 20.5. The first-order valence-corrected chi connectivity index (χ1v) is 6.88. The molecule has 0 aromatic heterocycles. The molecule has 0 N–H and O–H groups in total. The fraction of sp³-hybridized carbons (Fsp3) is 0.278. The maximum Gasteiger partial charge on any atom is 0.118 e. The topological polar surface area (TPSA) is 33.0 Å². The van der Waals surface area contributed by atoms with E-state index in [0.717, 1.165) is 17.7 Å². The third-order valence-electron chi connectivity index (χ3n) is 3.68. The minimum Gasteiger partial charge on any atom is -0.497 e. The number of methoxy groups -OCH3 is 1. The highest BCUT2D eigenvalue weighted by atomic mass is 16.5. The second kappa shape index (κ2) is 6.77. The van der Waals surface area contributed by atoms with E-state index in [2.05, 4.69) is 25.1 Å². The van der Waals surface area contributed by atoms with Crippen LogP contribution in [0.3, 0.4) is 0 Å². The number of nitrogens with zero attached hydrogens (tertiary/aromatic N) is 1. The highest BCUT2D eigenvalue weighted by Gasteiger charge is 2.23. The molecule has 0 aliphatic heterocycles. The summed E-state index contributed by atoms with van der Waals surface area (Å²) in [7, 11) is 1.66. The van der Waals surface area contributed by atoms with Crippen molar-refractivity contribution in [2.75, 3.05) is 7.11 Å². The Morgan fingerprint density at radius 3 is 2.15 bits per heavy atom. The van der Waals surface area contributed by atoms with Crippen molar-refractivity contribution in [2.24, 2.45) is 0 Å². The Balaban J connectivity index is 2.32. The van der Waals surface area contributed by atoms with Gasteiger partial charge in [0.1, 0.15) is 5.75 Å². The first-order chi connectivity index (χ1) is 9.80. The molecule has 2 aromatic rings. The number of ether oxygens (including phenoxy) is 1. The maximum absolute atomic E-state index is 9.57. The van der Waals surface area contributed by atoms with Crippen LogP contribution in [0.2, 0.25) is 0 Å². The Morgan fingerprint density at radius 1 is 1.00 bits per heavy atom.